The van der Waals surface area contributed by atoms with E-state index in [4.69, 9.17) is 0 Å². The summed E-state index contributed by atoms with van der Waals surface area (Å²) in [5.74, 6) is -1.44. The minimum absolute atomic E-state index is 0.0141. The number of carbonyl (C=O) groups is 1. The van der Waals surface area contributed by atoms with Gasteiger partial charge in [0.15, 0.2) is 17.3 Å². The highest BCUT2D eigenvalue weighted by atomic mass is 79.9. The van der Waals surface area contributed by atoms with E-state index in [-0.39, 0.29) is 16.0 Å². The maximum Gasteiger partial charge on any atom is 0.357 e. The van der Waals surface area contributed by atoms with Crippen molar-refractivity contribution >= 4 is 34.1 Å². The lowest BCUT2D eigenvalue weighted by Gasteiger charge is -2.05. The topological polar surface area (TPSA) is 54.8 Å². The van der Waals surface area contributed by atoms with E-state index in [1.54, 1.807) is 19.0 Å². The molecule has 0 aliphatic rings. The predicted molar refractivity (Wildman–Crippen MR) is 65.1 cm³/mol. The lowest BCUT2D eigenvalue weighted by Crippen LogP contribution is -2.09. The molecular weight excluding hydrogens is 293 g/mol. The van der Waals surface area contributed by atoms with Crippen molar-refractivity contribution in [3.8, 4) is 0 Å². The summed E-state index contributed by atoms with van der Waals surface area (Å²) in [4.78, 5) is 20.6. The average Bonchev–Trinajstić information content (AvgIpc) is 2.26. The Labute approximate surface area is 106 Å². The molecule has 0 atom stereocenters. The third kappa shape index (κ3) is 3.48. The monoisotopic (exact) mass is 303 g/mol. The Morgan fingerprint density at radius 1 is 1.65 bits per heavy atom. The van der Waals surface area contributed by atoms with E-state index >= 15 is 0 Å². The maximum atomic E-state index is 13.5. The lowest BCUT2D eigenvalue weighted by molar-refractivity contribution is 0.0593. The minimum atomic E-state index is -0.654. The van der Waals surface area contributed by atoms with E-state index in [1.165, 1.54) is 13.4 Å². The zero-order valence-electron chi connectivity index (χ0n) is 9.57. The van der Waals surface area contributed by atoms with Gasteiger partial charge in [-0.1, -0.05) is 0 Å². The van der Waals surface area contributed by atoms with Crippen molar-refractivity contribution in [2.45, 2.75) is 0 Å². The van der Waals surface area contributed by atoms with Gasteiger partial charge in [-0.2, -0.15) is 0 Å². The molecule has 0 amide bonds. The van der Waals surface area contributed by atoms with Crippen LogP contribution in [0.1, 0.15) is 10.5 Å². The van der Waals surface area contributed by atoms with Crippen molar-refractivity contribution in [2.75, 3.05) is 21.2 Å². The van der Waals surface area contributed by atoms with E-state index in [1.807, 2.05) is 0 Å². The summed E-state index contributed by atoms with van der Waals surface area (Å²) in [5.41, 5.74) is -0.0141. The molecule has 0 saturated carbocycles. The number of aliphatic imine (C=N–C) groups is 1. The van der Waals surface area contributed by atoms with E-state index < -0.39 is 11.8 Å². The van der Waals surface area contributed by atoms with Crippen molar-refractivity contribution < 1.29 is 13.9 Å². The minimum Gasteiger partial charge on any atom is -0.464 e. The van der Waals surface area contributed by atoms with Crippen molar-refractivity contribution in [3.63, 3.8) is 0 Å². The fourth-order valence-corrected chi connectivity index (χ4v) is 1.41. The molecule has 1 rings (SSSR count). The molecule has 0 aromatic carbocycles. The summed E-state index contributed by atoms with van der Waals surface area (Å²) in [6.07, 6.45) is 1.39. The van der Waals surface area contributed by atoms with Gasteiger partial charge in [0.05, 0.1) is 17.9 Å². The Bertz CT molecular complexity index is 463. The Hall–Kier alpha value is -1.50. The molecule has 0 fully saturated rings. The van der Waals surface area contributed by atoms with Crippen LogP contribution in [0.3, 0.4) is 0 Å². The molecule has 92 valence electrons. The van der Waals surface area contributed by atoms with Crippen LogP contribution in [0.5, 0.6) is 0 Å². The highest BCUT2D eigenvalue weighted by Crippen LogP contribution is 2.23. The van der Waals surface area contributed by atoms with Gasteiger partial charge in [-0.3, -0.25) is 0 Å². The molecule has 5 nitrogen and oxygen atoms in total. The Balaban J connectivity index is 3.19. The number of ether oxygens (including phenoxy) is 1. The Morgan fingerprint density at radius 3 is 2.82 bits per heavy atom. The highest BCUT2D eigenvalue weighted by molar-refractivity contribution is 9.10. The van der Waals surface area contributed by atoms with Crippen molar-refractivity contribution in [3.05, 3.63) is 22.1 Å². The first-order valence-electron chi connectivity index (χ1n) is 4.60. The first kappa shape index (κ1) is 13.6. The number of aromatic nitrogens is 1. The van der Waals surface area contributed by atoms with Gasteiger partial charge in [0, 0.05) is 14.1 Å². The SMILES string of the molecule is COC(=O)c1nc(/N=C\N(C)C)c(F)cc1Br. The summed E-state index contributed by atoms with van der Waals surface area (Å²) >= 11 is 3.04. The molecule has 0 N–H and O–H groups in total. The van der Waals surface area contributed by atoms with Gasteiger partial charge < -0.3 is 9.64 Å². The van der Waals surface area contributed by atoms with Crippen LogP contribution in [0, 0.1) is 5.82 Å². The second-order valence-corrected chi connectivity index (χ2v) is 4.18. The largest absolute Gasteiger partial charge is 0.464 e. The standard InChI is InChI=1S/C10H11BrFN3O2/c1-15(2)5-13-9-7(12)4-6(11)8(14-9)10(16)17-3/h4-5H,1-3H3/b13-5-. The van der Waals surface area contributed by atoms with Crippen LogP contribution in [0.4, 0.5) is 10.2 Å². The number of pyridine rings is 1. The lowest BCUT2D eigenvalue weighted by atomic mass is 10.3. The van der Waals surface area contributed by atoms with Crippen LogP contribution in [0.25, 0.3) is 0 Å². The normalized spacial score (nSPS) is 10.6. The second kappa shape index (κ2) is 5.72. The number of hydrogen-bond donors (Lipinski definition) is 0. The zero-order valence-corrected chi connectivity index (χ0v) is 11.2. The fraction of sp³-hybridized carbons (Fsp3) is 0.300. The molecule has 0 unspecified atom stereocenters. The molecule has 0 bridgehead atoms. The quantitative estimate of drug-likeness (QED) is 0.487. The van der Waals surface area contributed by atoms with Gasteiger partial charge in [-0.15, -0.1) is 0 Å². The number of esters is 1. The molecule has 1 heterocycles. The van der Waals surface area contributed by atoms with E-state index in [9.17, 15) is 9.18 Å². The molecule has 0 aliphatic carbocycles. The summed E-state index contributed by atoms with van der Waals surface area (Å²) < 4.78 is 18.2. The predicted octanol–water partition coefficient (Wildman–Crippen LogP) is 1.99. The van der Waals surface area contributed by atoms with Gasteiger partial charge in [-0.05, 0) is 22.0 Å². The Kier molecular flexibility index (Phi) is 4.56. The molecule has 7 heteroatoms. The van der Waals surface area contributed by atoms with Gasteiger partial charge in [-0.25, -0.2) is 19.2 Å². The summed E-state index contributed by atoms with van der Waals surface area (Å²) in [6.45, 7) is 0. The third-order valence-electron chi connectivity index (χ3n) is 1.70. The van der Waals surface area contributed by atoms with E-state index in [2.05, 4.69) is 30.6 Å². The Morgan fingerprint density at radius 2 is 2.29 bits per heavy atom. The number of rotatable bonds is 3. The van der Waals surface area contributed by atoms with Crippen molar-refractivity contribution in [2.24, 2.45) is 4.99 Å². The molecule has 0 radical (unpaired) electrons. The van der Waals surface area contributed by atoms with Crippen LogP contribution in [-0.2, 0) is 4.74 Å². The van der Waals surface area contributed by atoms with Gasteiger partial charge in [0.1, 0.15) is 0 Å². The number of methoxy groups -OCH3 is 1. The average molecular weight is 304 g/mol. The number of nitrogens with zero attached hydrogens (tertiary/aromatic N) is 3. The smallest absolute Gasteiger partial charge is 0.357 e. The fourth-order valence-electron chi connectivity index (χ4n) is 0.957. The molecule has 0 saturated heterocycles. The molecule has 1 aromatic heterocycles. The van der Waals surface area contributed by atoms with Crippen LogP contribution in [0.15, 0.2) is 15.5 Å². The molecule has 0 spiro atoms. The van der Waals surface area contributed by atoms with E-state index in [0.29, 0.717) is 0 Å². The first-order valence-corrected chi connectivity index (χ1v) is 5.40. The van der Waals surface area contributed by atoms with Crippen molar-refractivity contribution in [1.29, 1.82) is 0 Å². The molecule has 1 aromatic rings. The third-order valence-corrected chi connectivity index (χ3v) is 2.31. The number of hydrogen-bond acceptors (Lipinski definition) is 4. The van der Waals surface area contributed by atoms with Crippen molar-refractivity contribution in [1.82, 2.24) is 9.88 Å². The number of carbonyl (C=O) groups excluding carboxylic acids is 1. The second-order valence-electron chi connectivity index (χ2n) is 3.32. The van der Waals surface area contributed by atoms with Crippen LogP contribution in [0.2, 0.25) is 0 Å². The van der Waals surface area contributed by atoms with E-state index in [0.717, 1.165) is 6.07 Å². The van der Waals surface area contributed by atoms with Crippen LogP contribution in [-0.4, -0.2) is 43.4 Å². The van der Waals surface area contributed by atoms with Gasteiger partial charge >= 0.3 is 5.97 Å². The molecule has 0 aliphatic heterocycles. The van der Waals surface area contributed by atoms with Crippen LogP contribution < -0.4 is 0 Å². The number of halogens is 2. The summed E-state index contributed by atoms with van der Waals surface area (Å²) in [6, 6.07) is 1.13. The molecule has 17 heavy (non-hydrogen) atoms. The van der Waals surface area contributed by atoms with Gasteiger partial charge in [0.25, 0.3) is 0 Å². The first-order chi connectivity index (χ1) is 7.95. The summed E-state index contributed by atoms with van der Waals surface area (Å²) in [5, 5.41) is 0. The molecular formula is C10H11BrFN3O2. The van der Waals surface area contributed by atoms with Crippen LogP contribution >= 0.6 is 15.9 Å². The summed E-state index contributed by atoms with van der Waals surface area (Å²) in [7, 11) is 4.70. The maximum absolute atomic E-state index is 13.5. The highest BCUT2D eigenvalue weighted by Gasteiger charge is 2.16. The zero-order chi connectivity index (χ0) is 13.0. The van der Waals surface area contributed by atoms with Gasteiger partial charge in [0.2, 0.25) is 0 Å².